The second-order valence-electron chi connectivity index (χ2n) is 6.05. The van der Waals surface area contributed by atoms with Crippen LogP contribution in [0.25, 0.3) is 0 Å². The van der Waals surface area contributed by atoms with Gasteiger partial charge < -0.3 is 10.2 Å². The molecular formula is C17H22N4O2. The van der Waals surface area contributed by atoms with Gasteiger partial charge in [-0.2, -0.15) is 5.10 Å². The van der Waals surface area contributed by atoms with Crippen molar-refractivity contribution in [3.63, 3.8) is 0 Å². The van der Waals surface area contributed by atoms with Gasteiger partial charge in [0.05, 0.1) is 11.8 Å². The molecule has 1 aromatic carbocycles. The van der Waals surface area contributed by atoms with Crippen LogP contribution >= 0.6 is 0 Å². The third-order valence-electron chi connectivity index (χ3n) is 4.35. The quantitative estimate of drug-likeness (QED) is 0.894. The van der Waals surface area contributed by atoms with Crippen LogP contribution in [0.1, 0.15) is 44.2 Å². The van der Waals surface area contributed by atoms with E-state index in [0.29, 0.717) is 6.42 Å². The Labute approximate surface area is 135 Å². The number of anilines is 1. The molecule has 3 amide bonds. The number of nitrogens with one attached hydrogen (secondary N) is 2. The maximum atomic E-state index is 12.2. The third kappa shape index (κ3) is 3.06. The van der Waals surface area contributed by atoms with Gasteiger partial charge >= 0.3 is 6.03 Å². The van der Waals surface area contributed by atoms with Gasteiger partial charge in [-0.25, -0.2) is 10.2 Å². The van der Waals surface area contributed by atoms with Gasteiger partial charge in [0.25, 0.3) is 0 Å². The first kappa shape index (κ1) is 15.5. The summed E-state index contributed by atoms with van der Waals surface area (Å²) in [4.78, 5) is 25.4. The maximum Gasteiger partial charge on any atom is 0.335 e. The standard InChI is InChI=1S/C17H22N4O2/c1-3-4-9-21-14-7-5-13(10-12(14)6-8-15(21)22)16-11(2)18-17(23)20-19-16/h5,7,10-11H,3-4,6,8-9H2,1-2H3,(H2,18,20,23). The summed E-state index contributed by atoms with van der Waals surface area (Å²) < 4.78 is 0. The molecule has 6 nitrogen and oxygen atoms in total. The lowest BCUT2D eigenvalue weighted by Crippen LogP contribution is -2.48. The van der Waals surface area contributed by atoms with Crippen molar-refractivity contribution in [3.8, 4) is 0 Å². The summed E-state index contributed by atoms with van der Waals surface area (Å²) in [7, 11) is 0. The zero-order valence-corrected chi connectivity index (χ0v) is 13.6. The monoisotopic (exact) mass is 314 g/mol. The Kier molecular flexibility index (Phi) is 4.32. The van der Waals surface area contributed by atoms with Crippen molar-refractivity contribution in [1.29, 1.82) is 0 Å². The van der Waals surface area contributed by atoms with Crippen molar-refractivity contribution in [2.24, 2.45) is 5.10 Å². The van der Waals surface area contributed by atoms with Gasteiger partial charge in [-0.15, -0.1) is 0 Å². The largest absolute Gasteiger partial charge is 0.335 e. The van der Waals surface area contributed by atoms with E-state index in [1.807, 2.05) is 24.0 Å². The first-order valence-corrected chi connectivity index (χ1v) is 8.18. The molecule has 1 aromatic rings. The molecule has 0 saturated heterocycles. The van der Waals surface area contributed by atoms with Crippen LogP contribution in [0.2, 0.25) is 0 Å². The van der Waals surface area contributed by atoms with Crippen LogP contribution < -0.4 is 15.6 Å². The summed E-state index contributed by atoms with van der Waals surface area (Å²) >= 11 is 0. The number of rotatable bonds is 4. The number of hydrazone groups is 1. The van der Waals surface area contributed by atoms with E-state index in [-0.39, 0.29) is 18.0 Å². The number of urea groups is 1. The van der Waals surface area contributed by atoms with Crippen LogP contribution in [-0.2, 0) is 11.2 Å². The number of hydrogen-bond donors (Lipinski definition) is 2. The van der Waals surface area contributed by atoms with Gasteiger partial charge in [0.2, 0.25) is 5.91 Å². The molecule has 0 aliphatic carbocycles. The van der Waals surface area contributed by atoms with Gasteiger partial charge in [-0.1, -0.05) is 19.4 Å². The highest BCUT2D eigenvalue weighted by Crippen LogP contribution is 2.29. The van der Waals surface area contributed by atoms with Crippen molar-refractivity contribution in [3.05, 3.63) is 29.3 Å². The predicted molar refractivity (Wildman–Crippen MR) is 89.7 cm³/mol. The van der Waals surface area contributed by atoms with E-state index in [1.54, 1.807) is 0 Å². The summed E-state index contributed by atoms with van der Waals surface area (Å²) in [6, 6.07) is 5.65. The molecule has 2 heterocycles. The molecule has 0 fully saturated rings. The number of fused-ring (bicyclic) bond motifs is 1. The summed E-state index contributed by atoms with van der Waals surface area (Å²) in [6.45, 7) is 4.81. The number of benzene rings is 1. The number of unbranched alkanes of at least 4 members (excludes halogenated alkanes) is 1. The minimum absolute atomic E-state index is 0.136. The summed E-state index contributed by atoms with van der Waals surface area (Å²) in [5.74, 6) is 0.205. The van der Waals surface area contributed by atoms with E-state index in [9.17, 15) is 9.59 Å². The Hall–Kier alpha value is -2.37. The van der Waals surface area contributed by atoms with Gasteiger partial charge in [0.15, 0.2) is 0 Å². The van der Waals surface area contributed by atoms with Crippen molar-refractivity contribution in [2.75, 3.05) is 11.4 Å². The molecule has 2 N–H and O–H groups in total. The topological polar surface area (TPSA) is 73.8 Å². The maximum absolute atomic E-state index is 12.2. The van der Waals surface area contributed by atoms with Crippen LogP contribution in [-0.4, -0.2) is 30.2 Å². The molecule has 0 spiro atoms. The smallest absolute Gasteiger partial charge is 0.328 e. The van der Waals surface area contributed by atoms with Crippen LogP contribution in [0.4, 0.5) is 10.5 Å². The SMILES string of the molecule is CCCCN1C(=O)CCc2cc(C3=NNC(=O)NC3C)ccc21. The molecule has 0 aromatic heterocycles. The first-order valence-electron chi connectivity index (χ1n) is 8.18. The highest BCUT2D eigenvalue weighted by Gasteiger charge is 2.26. The fourth-order valence-electron chi connectivity index (χ4n) is 3.10. The first-order chi connectivity index (χ1) is 11.1. The molecule has 2 aliphatic rings. The molecule has 0 bridgehead atoms. The van der Waals surface area contributed by atoms with E-state index >= 15 is 0 Å². The van der Waals surface area contributed by atoms with Crippen LogP contribution in [0.3, 0.4) is 0 Å². The van der Waals surface area contributed by atoms with Crippen molar-refractivity contribution in [1.82, 2.24) is 10.7 Å². The lowest BCUT2D eigenvalue weighted by molar-refractivity contribution is -0.118. The Balaban J connectivity index is 1.90. The molecule has 6 heteroatoms. The number of hydrogen-bond acceptors (Lipinski definition) is 3. The van der Waals surface area contributed by atoms with Gasteiger partial charge in [0, 0.05) is 24.2 Å². The number of aryl methyl sites for hydroxylation is 1. The number of carbonyl (C=O) groups is 2. The van der Waals surface area contributed by atoms with Gasteiger partial charge in [0.1, 0.15) is 0 Å². The summed E-state index contributed by atoms with van der Waals surface area (Å²) in [5.41, 5.74) is 6.43. The lowest BCUT2D eigenvalue weighted by Gasteiger charge is -2.30. The summed E-state index contributed by atoms with van der Waals surface area (Å²) in [5, 5.41) is 6.97. The average Bonchev–Trinajstić information content (AvgIpc) is 2.53. The zero-order chi connectivity index (χ0) is 16.4. The molecule has 0 radical (unpaired) electrons. The molecule has 23 heavy (non-hydrogen) atoms. The second kappa shape index (κ2) is 6.40. The van der Waals surface area contributed by atoms with E-state index in [0.717, 1.165) is 42.8 Å². The van der Waals surface area contributed by atoms with Crippen LogP contribution in [0.5, 0.6) is 0 Å². The Bertz CT molecular complexity index is 669. The fourth-order valence-corrected chi connectivity index (χ4v) is 3.10. The molecule has 2 aliphatic heterocycles. The molecular weight excluding hydrogens is 292 g/mol. The summed E-state index contributed by atoms with van der Waals surface area (Å²) in [6.07, 6.45) is 3.38. The van der Waals surface area contributed by atoms with Crippen molar-refractivity contribution >= 4 is 23.3 Å². The molecule has 3 rings (SSSR count). The van der Waals surface area contributed by atoms with Gasteiger partial charge in [-0.05, 0) is 37.5 Å². The molecule has 122 valence electrons. The second-order valence-corrected chi connectivity index (χ2v) is 6.05. The van der Waals surface area contributed by atoms with E-state index in [4.69, 9.17) is 0 Å². The predicted octanol–water partition coefficient (Wildman–Crippen LogP) is 2.17. The molecule has 1 unspecified atom stereocenters. The number of amides is 3. The minimum Gasteiger partial charge on any atom is -0.328 e. The Morgan fingerprint density at radius 1 is 1.30 bits per heavy atom. The average molecular weight is 314 g/mol. The lowest BCUT2D eigenvalue weighted by atomic mass is 9.95. The third-order valence-corrected chi connectivity index (χ3v) is 4.35. The van der Waals surface area contributed by atoms with Crippen LogP contribution in [0, 0.1) is 0 Å². The molecule has 1 atom stereocenters. The van der Waals surface area contributed by atoms with Gasteiger partial charge in [-0.3, -0.25) is 4.79 Å². The molecule has 0 saturated carbocycles. The van der Waals surface area contributed by atoms with Crippen molar-refractivity contribution in [2.45, 2.75) is 45.6 Å². The Morgan fingerprint density at radius 2 is 2.13 bits per heavy atom. The fraction of sp³-hybridized carbons (Fsp3) is 0.471. The van der Waals surface area contributed by atoms with Crippen molar-refractivity contribution < 1.29 is 9.59 Å². The van der Waals surface area contributed by atoms with Crippen LogP contribution in [0.15, 0.2) is 23.3 Å². The zero-order valence-electron chi connectivity index (χ0n) is 13.6. The van der Waals surface area contributed by atoms with E-state index in [1.165, 1.54) is 5.56 Å². The minimum atomic E-state index is -0.282. The van der Waals surface area contributed by atoms with E-state index < -0.39 is 0 Å². The normalized spacial score (nSPS) is 20.5. The number of carbonyl (C=O) groups excluding carboxylic acids is 2. The highest BCUT2D eigenvalue weighted by molar-refractivity contribution is 6.08. The van der Waals surface area contributed by atoms with E-state index in [2.05, 4.69) is 28.8 Å². The number of nitrogens with zero attached hydrogens (tertiary/aromatic N) is 2. The Morgan fingerprint density at radius 3 is 2.87 bits per heavy atom. The highest BCUT2D eigenvalue weighted by atomic mass is 16.2.